The van der Waals surface area contributed by atoms with Crippen molar-refractivity contribution in [3.63, 3.8) is 0 Å². The van der Waals surface area contributed by atoms with Crippen LogP contribution in [0.4, 0.5) is 0 Å². The highest BCUT2D eigenvalue weighted by atomic mass is 79.9. The molecule has 3 heteroatoms. The van der Waals surface area contributed by atoms with E-state index in [9.17, 15) is 0 Å². The molecular weight excluding hydrogens is 372 g/mol. The van der Waals surface area contributed by atoms with Crippen molar-refractivity contribution < 1.29 is 0 Å². The summed E-state index contributed by atoms with van der Waals surface area (Å²) in [7, 11) is 0. The molecule has 0 amide bonds. The van der Waals surface area contributed by atoms with Gasteiger partial charge in [0.15, 0.2) is 0 Å². The molecule has 0 heterocycles. The van der Waals surface area contributed by atoms with Crippen molar-refractivity contribution in [1.29, 1.82) is 0 Å². The second-order valence-electron chi connectivity index (χ2n) is 5.47. The van der Waals surface area contributed by atoms with Crippen LogP contribution in [0.5, 0.6) is 0 Å². The van der Waals surface area contributed by atoms with Gasteiger partial charge in [-0.05, 0) is 30.6 Å². The zero-order chi connectivity index (χ0) is 11.0. The van der Waals surface area contributed by atoms with Gasteiger partial charge in [-0.1, -0.05) is 68.6 Å². The molecule has 0 aromatic rings. The third kappa shape index (κ3) is 2.98. The fraction of sp³-hybridized carbons (Fsp3) is 1.00. The monoisotopic (exact) mass is 388 g/mol. The molecule has 3 atom stereocenters. The van der Waals surface area contributed by atoms with Crippen molar-refractivity contribution in [1.82, 2.24) is 0 Å². The van der Waals surface area contributed by atoms with Gasteiger partial charge < -0.3 is 0 Å². The van der Waals surface area contributed by atoms with Gasteiger partial charge in [0.05, 0.1) is 0 Å². The van der Waals surface area contributed by atoms with Gasteiger partial charge in [0.1, 0.15) is 0 Å². The predicted octanol–water partition coefficient (Wildman–Crippen LogP) is 5.12. The smallest absolute Gasteiger partial charge is 0.0479 e. The molecule has 1 saturated carbocycles. The van der Waals surface area contributed by atoms with E-state index < -0.39 is 0 Å². The van der Waals surface area contributed by atoms with E-state index in [1.165, 1.54) is 19.3 Å². The van der Waals surface area contributed by atoms with E-state index in [-0.39, 0.29) is 4.32 Å². The molecule has 84 valence electrons. The van der Waals surface area contributed by atoms with Gasteiger partial charge in [0.25, 0.3) is 0 Å². The SMILES string of the molecule is CC(C)(C)[C@@H]1CC[C@@](Br)(CBr)[C@@H](Br)C1. The summed E-state index contributed by atoms with van der Waals surface area (Å²) in [5, 5.41) is 1.03. The Labute approximate surface area is 113 Å². The molecule has 0 unspecified atom stereocenters. The minimum absolute atomic E-state index is 0.273. The lowest BCUT2D eigenvalue weighted by Gasteiger charge is -2.43. The molecule has 0 saturated heterocycles. The first-order valence-electron chi connectivity index (χ1n) is 5.18. The minimum Gasteiger partial charge on any atom is -0.0912 e. The number of hydrogen-bond acceptors (Lipinski definition) is 0. The number of hydrogen-bond donors (Lipinski definition) is 0. The van der Waals surface area contributed by atoms with Gasteiger partial charge in [-0.3, -0.25) is 0 Å². The molecular formula is C11H19Br3. The van der Waals surface area contributed by atoms with E-state index in [2.05, 4.69) is 68.6 Å². The van der Waals surface area contributed by atoms with E-state index in [0.717, 1.165) is 11.2 Å². The Morgan fingerprint density at radius 2 is 1.93 bits per heavy atom. The van der Waals surface area contributed by atoms with Crippen LogP contribution in [0, 0.1) is 11.3 Å². The second-order valence-corrected chi connectivity index (χ2v) is 8.72. The fourth-order valence-corrected chi connectivity index (χ4v) is 4.45. The van der Waals surface area contributed by atoms with Crippen LogP contribution in [0.2, 0.25) is 0 Å². The highest BCUT2D eigenvalue weighted by Crippen LogP contribution is 2.48. The summed E-state index contributed by atoms with van der Waals surface area (Å²) in [5.41, 5.74) is 0.451. The first kappa shape index (κ1) is 13.5. The Bertz CT molecular complexity index is 197. The summed E-state index contributed by atoms with van der Waals surface area (Å²) < 4.78 is 0.273. The zero-order valence-corrected chi connectivity index (χ0v) is 13.9. The van der Waals surface area contributed by atoms with Crippen LogP contribution >= 0.6 is 47.8 Å². The molecule has 0 spiro atoms. The Morgan fingerprint density at radius 3 is 2.29 bits per heavy atom. The Kier molecular flexibility index (Phi) is 4.58. The van der Waals surface area contributed by atoms with Crippen LogP contribution in [0.25, 0.3) is 0 Å². The Hall–Kier alpha value is 1.44. The number of halogens is 3. The first-order valence-corrected chi connectivity index (χ1v) is 8.01. The fourth-order valence-electron chi connectivity index (χ4n) is 2.09. The lowest BCUT2D eigenvalue weighted by molar-refractivity contribution is 0.173. The molecule has 1 rings (SSSR count). The Morgan fingerprint density at radius 1 is 1.36 bits per heavy atom. The quantitative estimate of drug-likeness (QED) is 0.545. The van der Waals surface area contributed by atoms with E-state index in [1.54, 1.807) is 0 Å². The van der Waals surface area contributed by atoms with Gasteiger partial charge in [0.2, 0.25) is 0 Å². The third-order valence-corrected chi connectivity index (χ3v) is 8.26. The molecule has 0 aromatic heterocycles. The maximum Gasteiger partial charge on any atom is 0.0479 e. The van der Waals surface area contributed by atoms with Crippen molar-refractivity contribution in [3.05, 3.63) is 0 Å². The summed E-state index contributed by atoms with van der Waals surface area (Å²) in [6, 6.07) is 0. The molecule has 14 heavy (non-hydrogen) atoms. The molecule has 0 N–H and O–H groups in total. The standard InChI is InChI=1S/C11H19Br3/c1-10(2,3)8-4-5-11(14,7-12)9(13)6-8/h8-9H,4-7H2,1-3H3/t8-,9+,11-/m1/s1. The van der Waals surface area contributed by atoms with E-state index >= 15 is 0 Å². The number of rotatable bonds is 1. The predicted molar refractivity (Wildman–Crippen MR) is 75.0 cm³/mol. The van der Waals surface area contributed by atoms with Crippen molar-refractivity contribution in [2.75, 3.05) is 5.33 Å². The van der Waals surface area contributed by atoms with Crippen molar-refractivity contribution in [2.24, 2.45) is 11.3 Å². The molecule has 1 aliphatic rings. The van der Waals surface area contributed by atoms with Crippen LogP contribution < -0.4 is 0 Å². The Balaban J connectivity index is 2.64. The van der Waals surface area contributed by atoms with E-state index in [1.807, 2.05) is 0 Å². The largest absolute Gasteiger partial charge is 0.0912 e. The topological polar surface area (TPSA) is 0 Å². The first-order chi connectivity index (χ1) is 6.29. The van der Waals surface area contributed by atoms with Crippen molar-refractivity contribution >= 4 is 47.8 Å². The molecule has 0 aliphatic heterocycles. The molecule has 0 bridgehead atoms. The van der Waals surface area contributed by atoms with Crippen LogP contribution in [-0.4, -0.2) is 14.5 Å². The van der Waals surface area contributed by atoms with Crippen LogP contribution in [0.1, 0.15) is 40.0 Å². The average molecular weight is 391 g/mol. The van der Waals surface area contributed by atoms with Gasteiger partial charge >= 0.3 is 0 Å². The molecule has 1 aliphatic carbocycles. The lowest BCUT2D eigenvalue weighted by atomic mass is 9.70. The molecule has 0 aromatic carbocycles. The van der Waals surface area contributed by atoms with Gasteiger partial charge in [-0.25, -0.2) is 0 Å². The van der Waals surface area contributed by atoms with Crippen LogP contribution in [-0.2, 0) is 0 Å². The maximum atomic E-state index is 3.86. The van der Waals surface area contributed by atoms with Gasteiger partial charge in [-0.15, -0.1) is 0 Å². The molecule has 0 nitrogen and oxygen atoms in total. The van der Waals surface area contributed by atoms with Crippen LogP contribution in [0.3, 0.4) is 0 Å². The minimum atomic E-state index is 0.273. The van der Waals surface area contributed by atoms with E-state index in [4.69, 9.17) is 0 Å². The molecule has 1 fully saturated rings. The van der Waals surface area contributed by atoms with Crippen molar-refractivity contribution in [3.8, 4) is 0 Å². The normalized spacial score (nSPS) is 39.9. The highest BCUT2D eigenvalue weighted by Gasteiger charge is 2.42. The average Bonchev–Trinajstić information content (AvgIpc) is 2.08. The maximum absolute atomic E-state index is 3.86. The van der Waals surface area contributed by atoms with Crippen LogP contribution in [0.15, 0.2) is 0 Å². The zero-order valence-electron chi connectivity index (χ0n) is 9.12. The molecule has 0 radical (unpaired) electrons. The van der Waals surface area contributed by atoms with Gasteiger partial charge in [0, 0.05) is 14.5 Å². The van der Waals surface area contributed by atoms with E-state index in [0.29, 0.717) is 10.2 Å². The second kappa shape index (κ2) is 4.75. The summed E-state index contributed by atoms with van der Waals surface area (Å²) in [6.45, 7) is 7.06. The summed E-state index contributed by atoms with van der Waals surface area (Å²) in [6.07, 6.45) is 3.87. The van der Waals surface area contributed by atoms with Gasteiger partial charge in [-0.2, -0.15) is 0 Å². The third-order valence-electron chi connectivity index (χ3n) is 3.41. The van der Waals surface area contributed by atoms with Crippen molar-refractivity contribution in [2.45, 2.75) is 49.2 Å². The lowest BCUT2D eigenvalue weighted by Crippen LogP contribution is -2.42. The summed E-state index contributed by atoms with van der Waals surface area (Å²) in [5.74, 6) is 0.844. The highest BCUT2D eigenvalue weighted by molar-refractivity contribution is 9.14. The number of alkyl halides is 3. The summed E-state index contributed by atoms with van der Waals surface area (Å²) in [4.78, 5) is 0.590. The summed E-state index contributed by atoms with van der Waals surface area (Å²) >= 11 is 11.3.